The van der Waals surface area contributed by atoms with Crippen LogP contribution in [0.5, 0.6) is 0 Å². The number of carbonyl (C=O) groups is 2. The van der Waals surface area contributed by atoms with Gasteiger partial charge in [0.25, 0.3) is 11.8 Å². The molecule has 0 radical (unpaired) electrons. The lowest BCUT2D eigenvalue weighted by Crippen LogP contribution is -2.31. The van der Waals surface area contributed by atoms with Gasteiger partial charge in [-0.25, -0.2) is 0 Å². The standard InChI is InChI=1S/C18H18BrClN2O2/c1-3-22(4-2)18(24)13-7-5-6-8-16(13)21-17(23)14-11-12(20)9-10-15(14)19/h5-11H,3-4H2,1-2H3,(H,21,23). The Morgan fingerprint density at radius 3 is 2.42 bits per heavy atom. The maximum Gasteiger partial charge on any atom is 0.256 e. The van der Waals surface area contributed by atoms with Crippen LogP contribution in [0.4, 0.5) is 5.69 Å². The lowest BCUT2D eigenvalue weighted by molar-refractivity contribution is 0.0774. The van der Waals surface area contributed by atoms with Crippen LogP contribution in [0.2, 0.25) is 5.02 Å². The number of amides is 2. The minimum absolute atomic E-state index is 0.110. The van der Waals surface area contributed by atoms with Gasteiger partial charge in [0.2, 0.25) is 0 Å². The lowest BCUT2D eigenvalue weighted by Gasteiger charge is -2.20. The average Bonchev–Trinajstić information content (AvgIpc) is 2.58. The van der Waals surface area contributed by atoms with E-state index in [0.717, 1.165) is 0 Å². The number of hydrogen-bond acceptors (Lipinski definition) is 2. The fourth-order valence-corrected chi connectivity index (χ4v) is 2.92. The fraction of sp³-hybridized carbons (Fsp3) is 0.222. The van der Waals surface area contributed by atoms with Crippen molar-refractivity contribution in [2.45, 2.75) is 13.8 Å². The van der Waals surface area contributed by atoms with Gasteiger partial charge in [0.05, 0.1) is 16.8 Å². The molecule has 0 aromatic heterocycles. The molecule has 0 heterocycles. The molecule has 0 saturated heterocycles. The van der Waals surface area contributed by atoms with Gasteiger partial charge in [0, 0.05) is 22.6 Å². The molecule has 0 fully saturated rings. The zero-order valence-corrected chi connectivity index (χ0v) is 15.8. The van der Waals surface area contributed by atoms with Crippen molar-refractivity contribution in [1.82, 2.24) is 4.90 Å². The first-order chi connectivity index (χ1) is 11.5. The normalized spacial score (nSPS) is 10.3. The zero-order valence-electron chi connectivity index (χ0n) is 13.5. The second-order valence-corrected chi connectivity index (χ2v) is 6.39. The van der Waals surface area contributed by atoms with Gasteiger partial charge in [-0.1, -0.05) is 23.7 Å². The molecule has 0 saturated carbocycles. The highest BCUT2D eigenvalue weighted by atomic mass is 79.9. The summed E-state index contributed by atoms with van der Waals surface area (Å²) in [5.41, 5.74) is 1.35. The Morgan fingerprint density at radius 1 is 1.08 bits per heavy atom. The molecule has 6 heteroatoms. The molecule has 2 rings (SSSR count). The van der Waals surface area contributed by atoms with Gasteiger partial charge in [-0.05, 0) is 60.1 Å². The molecule has 0 atom stereocenters. The number of carbonyl (C=O) groups excluding carboxylic acids is 2. The Labute approximate surface area is 154 Å². The van der Waals surface area contributed by atoms with Crippen LogP contribution in [0, 0.1) is 0 Å². The molecular weight excluding hydrogens is 392 g/mol. The first-order valence-electron chi connectivity index (χ1n) is 7.62. The summed E-state index contributed by atoms with van der Waals surface area (Å²) in [6.07, 6.45) is 0. The molecule has 4 nitrogen and oxygen atoms in total. The Bertz CT molecular complexity index is 760. The van der Waals surface area contributed by atoms with E-state index < -0.39 is 0 Å². The minimum atomic E-state index is -0.329. The van der Waals surface area contributed by atoms with Crippen LogP contribution in [0.3, 0.4) is 0 Å². The first-order valence-corrected chi connectivity index (χ1v) is 8.79. The second-order valence-electron chi connectivity index (χ2n) is 5.10. The van der Waals surface area contributed by atoms with E-state index in [1.54, 1.807) is 47.4 Å². The summed E-state index contributed by atoms with van der Waals surface area (Å²) in [6.45, 7) is 5.06. The van der Waals surface area contributed by atoms with E-state index >= 15 is 0 Å². The van der Waals surface area contributed by atoms with Crippen molar-refractivity contribution in [1.29, 1.82) is 0 Å². The quantitative estimate of drug-likeness (QED) is 0.768. The molecule has 0 aliphatic carbocycles. The van der Waals surface area contributed by atoms with Crippen LogP contribution in [-0.4, -0.2) is 29.8 Å². The minimum Gasteiger partial charge on any atom is -0.339 e. The Hall–Kier alpha value is -1.85. The van der Waals surface area contributed by atoms with E-state index in [1.807, 2.05) is 13.8 Å². The van der Waals surface area contributed by atoms with Gasteiger partial charge in [0.15, 0.2) is 0 Å². The molecule has 0 aliphatic heterocycles. The van der Waals surface area contributed by atoms with Crippen molar-refractivity contribution in [2.75, 3.05) is 18.4 Å². The summed E-state index contributed by atoms with van der Waals surface area (Å²) >= 11 is 9.31. The van der Waals surface area contributed by atoms with Crippen molar-refractivity contribution in [2.24, 2.45) is 0 Å². The summed E-state index contributed by atoms with van der Waals surface area (Å²) in [5.74, 6) is -0.440. The van der Waals surface area contributed by atoms with Gasteiger partial charge >= 0.3 is 0 Å². The van der Waals surface area contributed by atoms with Crippen molar-refractivity contribution in [3.8, 4) is 0 Å². The predicted molar refractivity (Wildman–Crippen MR) is 101 cm³/mol. The van der Waals surface area contributed by atoms with Crippen molar-refractivity contribution in [3.63, 3.8) is 0 Å². The van der Waals surface area contributed by atoms with E-state index in [2.05, 4.69) is 21.2 Å². The van der Waals surface area contributed by atoms with Crippen LogP contribution >= 0.6 is 27.5 Å². The molecule has 2 aromatic rings. The Kier molecular flexibility index (Phi) is 6.40. The topological polar surface area (TPSA) is 49.4 Å². The Balaban J connectivity index is 2.32. The summed E-state index contributed by atoms with van der Waals surface area (Å²) < 4.78 is 0.636. The maximum atomic E-state index is 12.6. The van der Waals surface area contributed by atoms with Crippen LogP contribution < -0.4 is 5.32 Å². The molecule has 24 heavy (non-hydrogen) atoms. The third-order valence-corrected chi connectivity index (χ3v) is 4.56. The molecule has 0 aliphatic rings. The lowest BCUT2D eigenvalue weighted by atomic mass is 10.1. The smallest absolute Gasteiger partial charge is 0.256 e. The molecular formula is C18H18BrClN2O2. The largest absolute Gasteiger partial charge is 0.339 e. The van der Waals surface area contributed by atoms with E-state index in [9.17, 15) is 9.59 Å². The molecule has 0 unspecified atom stereocenters. The number of nitrogens with zero attached hydrogens (tertiary/aromatic N) is 1. The van der Waals surface area contributed by atoms with Gasteiger partial charge in [-0.3, -0.25) is 9.59 Å². The maximum absolute atomic E-state index is 12.6. The highest BCUT2D eigenvalue weighted by Gasteiger charge is 2.18. The van der Waals surface area contributed by atoms with Crippen LogP contribution in [0.1, 0.15) is 34.6 Å². The number of halogens is 2. The van der Waals surface area contributed by atoms with E-state index in [-0.39, 0.29) is 11.8 Å². The molecule has 0 spiro atoms. The summed E-state index contributed by atoms with van der Waals surface area (Å²) in [7, 11) is 0. The molecule has 2 aromatic carbocycles. The van der Waals surface area contributed by atoms with Crippen molar-refractivity contribution < 1.29 is 9.59 Å². The first kappa shape index (κ1) is 18.5. The van der Waals surface area contributed by atoms with Crippen molar-refractivity contribution >= 4 is 45.0 Å². The van der Waals surface area contributed by atoms with Crippen LogP contribution in [0.15, 0.2) is 46.9 Å². The highest BCUT2D eigenvalue weighted by molar-refractivity contribution is 9.10. The number of benzene rings is 2. The highest BCUT2D eigenvalue weighted by Crippen LogP contribution is 2.24. The third kappa shape index (κ3) is 4.16. The summed E-state index contributed by atoms with van der Waals surface area (Å²) in [4.78, 5) is 26.9. The average molecular weight is 410 g/mol. The summed E-state index contributed by atoms with van der Waals surface area (Å²) in [6, 6.07) is 12.0. The number of rotatable bonds is 5. The SMILES string of the molecule is CCN(CC)C(=O)c1ccccc1NC(=O)c1cc(Cl)ccc1Br. The fourth-order valence-electron chi connectivity index (χ4n) is 2.32. The summed E-state index contributed by atoms with van der Waals surface area (Å²) in [5, 5.41) is 3.27. The van der Waals surface area contributed by atoms with Gasteiger partial charge < -0.3 is 10.2 Å². The van der Waals surface area contributed by atoms with Crippen molar-refractivity contribution in [3.05, 3.63) is 63.1 Å². The number of anilines is 1. The van der Waals surface area contributed by atoms with Gasteiger partial charge in [-0.2, -0.15) is 0 Å². The second kappa shape index (κ2) is 8.31. The number of nitrogens with one attached hydrogen (secondary N) is 1. The molecule has 0 bridgehead atoms. The molecule has 2 amide bonds. The third-order valence-electron chi connectivity index (χ3n) is 3.63. The Morgan fingerprint density at radius 2 is 1.75 bits per heavy atom. The van der Waals surface area contributed by atoms with Gasteiger partial charge in [-0.15, -0.1) is 0 Å². The van der Waals surface area contributed by atoms with E-state index in [1.165, 1.54) is 0 Å². The monoisotopic (exact) mass is 408 g/mol. The molecule has 126 valence electrons. The van der Waals surface area contributed by atoms with E-state index in [0.29, 0.717) is 39.4 Å². The zero-order chi connectivity index (χ0) is 17.7. The van der Waals surface area contributed by atoms with E-state index in [4.69, 9.17) is 11.6 Å². The predicted octanol–water partition coefficient (Wildman–Crippen LogP) is 4.84. The van der Waals surface area contributed by atoms with Crippen LogP contribution in [-0.2, 0) is 0 Å². The van der Waals surface area contributed by atoms with Gasteiger partial charge in [0.1, 0.15) is 0 Å². The molecule has 1 N–H and O–H groups in total. The number of hydrogen-bond donors (Lipinski definition) is 1. The van der Waals surface area contributed by atoms with Crippen LogP contribution in [0.25, 0.3) is 0 Å². The number of para-hydroxylation sites is 1.